The van der Waals surface area contributed by atoms with Gasteiger partial charge in [-0.15, -0.1) is 0 Å². The van der Waals surface area contributed by atoms with Crippen molar-refractivity contribution in [3.63, 3.8) is 0 Å². The molecule has 0 aliphatic carbocycles. The summed E-state index contributed by atoms with van der Waals surface area (Å²) >= 11 is 0. The molecule has 4 nitrogen and oxygen atoms in total. The van der Waals surface area contributed by atoms with Crippen LogP contribution in [0.15, 0.2) is 12.1 Å². The number of nitrogens with zero attached hydrogens (tertiary/aromatic N) is 1. The molecule has 0 radical (unpaired) electrons. The van der Waals surface area contributed by atoms with Crippen LogP contribution in [0.3, 0.4) is 0 Å². The maximum absolute atomic E-state index is 8.60. The molecule has 0 aliphatic rings. The molecule has 0 saturated carbocycles. The molecule has 4 N–H and O–H groups in total. The first-order valence-corrected chi connectivity index (χ1v) is 3.32. The highest BCUT2D eigenvalue weighted by molar-refractivity contribution is 5.73. The molecule has 0 unspecified atom stereocenters. The summed E-state index contributed by atoms with van der Waals surface area (Å²) in [5, 5.41) is 8.60. The molecule has 1 rings (SSSR count). The first-order valence-electron chi connectivity index (χ1n) is 3.32. The molecule has 0 aliphatic heterocycles. The van der Waals surface area contributed by atoms with Crippen molar-refractivity contribution in [3.8, 4) is 11.8 Å². The van der Waals surface area contributed by atoms with E-state index in [-0.39, 0.29) is 0 Å². The number of hydrogen-bond donors (Lipinski definition) is 2. The maximum atomic E-state index is 8.60. The topological polar surface area (TPSA) is 85.1 Å². The maximum Gasteiger partial charge on any atom is 0.165 e. The predicted molar refractivity (Wildman–Crippen MR) is 46.5 cm³/mol. The van der Waals surface area contributed by atoms with Gasteiger partial charge in [0.2, 0.25) is 0 Å². The molecule has 62 valence electrons. The number of benzene rings is 1. The fourth-order valence-corrected chi connectivity index (χ4v) is 0.942. The van der Waals surface area contributed by atoms with Gasteiger partial charge >= 0.3 is 0 Å². The molecule has 1 aromatic rings. The number of rotatable bonds is 1. The summed E-state index contributed by atoms with van der Waals surface area (Å²) in [6.45, 7) is 0. The molecule has 0 bridgehead atoms. The quantitative estimate of drug-likeness (QED) is 0.597. The van der Waals surface area contributed by atoms with Crippen molar-refractivity contribution < 1.29 is 4.74 Å². The Kier molecular flexibility index (Phi) is 2.06. The van der Waals surface area contributed by atoms with E-state index < -0.39 is 0 Å². The van der Waals surface area contributed by atoms with Crippen LogP contribution < -0.4 is 16.2 Å². The Hall–Kier alpha value is -1.89. The fraction of sp³-hybridized carbons (Fsp3) is 0.125. The van der Waals surface area contributed by atoms with Crippen molar-refractivity contribution in [2.24, 2.45) is 0 Å². The zero-order chi connectivity index (χ0) is 9.14. The third-order valence-corrected chi connectivity index (χ3v) is 1.55. The molecule has 0 heterocycles. The highest BCUT2D eigenvalue weighted by atomic mass is 16.5. The Morgan fingerprint density at radius 2 is 2.08 bits per heavy atom. The van der Waals surface area contributed by atoms with Crippen molar-refractivity contribution in [1.29, 1.82) is 5.26 Å². The van der Waals surface area contributed by atoms with Crippen molar-refractivity contribution in [2.45, 2.75) is 0 Å². The zero-order valence-electron chi connectivity index (χ0n) is 6.66. The number of nitriles is 1. The van der Waals surface area contributed by atoms with Crippen LogP contribution in [0.2, 0.25) is 0 Å². The van der Waals surface area contributed by atoms with E-state index in [0.29, 0.717) is 22.7 Å². The van der Waals surface area contributed by atoms with Crippen LogP contribution in [0.1, 0.15) is 5.56 Å². The Morgan fingerprint density at radius 3 is 2.58 bits per heavy atom. The molecular formula is C8H9N3O. The second-order valence-electron chi connectivity index (χ2n) is 2.26. The van der Waals surface area contributed by atoms with Gasteiger partial charge in [-0.25, -0.2) is 0 Å². The highest BCUT2D eigenvalue weighted by Crippen LogP contribution is 2.30. The Balaban J connectivity index is 3.36. The van der Waals surface area contributed by atoms with Crippen LogP contribution in [0.5, 0.6) is 5.75 Å². The van der Waals surface area contributed by atoms with Gasteiger partial charge in [0.15, 0.2) is 5.75 Å². The van der Waals surface area contributed by atoms with Gasteiger partial charge in [-0.2, -0.15) is 5.26 Å². The van der Waals surface area contributed by atoms with Crippen LogP contribution in [-0.4, -0.2) is 7.11 Å². The second kappa shape index (κ2) is 3.01. The van der Waals surface area contributed by atoms with E-state index in [2.05, 4.69) is 0 Å². The first-order chi connectivity index (χ1) is 5.70. The van der Waals surface area contributed by atoms with E-state index in [4.69, 9.17) is 21.5 Å². The number of ether oxygens (including phenoxy) is 1. The van der Waals surface area contributed by atoms with Crippen molar-refractivity contribution >= 4 is 11.4 Å². The van der Waals surface area contributed by atoms with Gasteiger partial charge in [0, 0.05) is 0 Å². The average Bonchev–Trinajstić information content (AvgIpc) is 2.06. The first kappa shape index (κ1) is 8.21. The van der Waals surface area contributed by atoms with Gasteiger partial charge in [-0.05, 0) is 12.1 Å². The lowest BCUT2D eigenvalue weighted by Crippen LogP contribution is -1.99. The van der Waals surface area contributed by atoms with Gasteiger partial charge in [-0.1, -0.05) is 0 Å². The van der Waals surface area contributed by atoms with Gasteiger partial charge in [0.05, 0.1) is 24.0 Å². The van der Waals surface area contributed by atoms with Gasteiger partial charge in [-0.3, -0.25) is 0 Å². The van der Waals surface area contributed by atoms with Gasteiger partial charge < -0.3 is 16.2 Å². The largest absolute Gasteiger partial charge is 0.492 e. The summed E-state index contributed by atoms with van der Waals surface area (Å²) in [5.41, 5.74) is 12.2. The van der Waals surface area contributed by atoms with Crippen LogP contribution in [0, 0.1) is 11.3 Å². The van der Waals surface area contributed by atoms with Gasteiger partial charge in [0.25, 0.3) is 0 Å². The Morgan fingerprint density at radius 1 is 1.42 bits per heavy atom. The lowest BCUT2D eigenvalue weighted by molar-refractivity contribution is 0.419. The smallest absolute Gasteiger partial charge is 0.165 e. The molecule has 0 spiro atoms. The molecular weight excluding hydrogens is 154 g/mol. The minimum atomic E-state index is 0.292. The monoisotopic (exact) mass is 163 g/mol. The lowest BCUT2D eigenvalue weighted by atomic mass is 10.1. The minimum absolute atomic E-state index is 0.292. The van der Waals surface area contributed by atoms with Crippen molar-refractivity contribution in [2.75, 3.05) is 18.6 Å². The summed E-state index contributed by atoms with van der Waals surface area (Å²) in [7, 11) is 1.46. The Bertz CT molecular complexity index is 341. The summed E-state index contributed by atoms with van der Waals surface area (Å²) in [6, 6.07) is 5.09. The van der Waals surface area contributed by atoms with E-state index in [1.165, 1.54) is 7.11 Å². The predicted octanol–water partition coefficient (Wildman–Crippen LogP) is 0.731. The van der Waals surface area contributed by atoms with Crippen LogP contribution in [0.25, 0.3) is 0 Å². The molecule has 0 amide bonds. The van der Waals surface area contributed by atoms with Crippen molar-refractivity contribution in [3.05, 3.63) is 17.7 Å². The lowest BCUT2D eigenvalue weighted by Gasteiger charge is -2.07. The van der Waals surface area contributed by atoms with E-state index in [1.54, 1.807) is 12.1 Å². The minimum Gasteiger partial charge on any atom is -0.492 e. The molecule has 0 aromatic heterocycles. The number of hydrogen-bond acceptors (Lipinski definition) is 4. The normalized spacial score (nSPS) is 9.00. The number of methoxy groups -OCH3 is 1. The molecule has 1 aromatic carbocycles. The summed E-state index contributed by atoms with van der Waals surface area (Å²) in [6.07, 6.45) is 0. The average molecular weight is 163 g/mol. The third kappa shape index (κ3) is 1.12. The molecule has 4 heteroatoms. The van der Waals surface area contributed by atoms with E-state index in [0.717, 1.165) is 0 Å². The standard InChI is InChI=1S/C8H9N3O/c1-12-8-6(10)3-2-5(4-9)7(8)11/h2-3H,10-11H2,1H3. The highest BCUT2D eigenvalue weighted by Gasteiger charge is 2.07. The second-order valence-corrected chi connectivity index (χ2v) is 2.26. The van der Waals surface area contributed by atoms with Crippen LogP contribution in [-0.2, 0) is 0 Å². The molecule has 0 fully saturated rings. The fourth-order valence-electron chi connectivity index (χ4n) is 0.942. The molecule has 0 saturated heterocycles. The van der Waals surface area contributed by atoms with Crippen molar-refractivity contribution in [1.82, 2.24) is 0 Å². The molecule has 0 atom stereocenters. The number of nitrogen functional groups attached to an aromatic ring is 2. The number of anilines is 2. The zero-order valence-corrected chi connectivity index (χ0v) is 6.66. The van der Waals surface area contributed by atoms with E-state index in [9.17, 15) is 0 Å². The van der Waals surface area contributed by atoms with Gasteiger partial charge in [0.1, 0.15) is 6.07 Å². The summed E-state index contributed by atoms with van der Waals surface area (Å²) in [5.74, 6) is 0.369. The van der Waals surface area contributed by atoms with E-state index >= 15 is 0 Å². The number of nitrogens with two attached hydrogens (primary N) is 2. The summed E-state index contributed by atoms with van der Waals surface area (Å²) < 4.78 is 4.92. The van der Waals surface area contributed by atoms with Crippen LogP contribution in [0.4, 0.5) is 11.4 Å². The SMILES string of the molecule is COc1c(N)ccc(C#N)c1N. The Labute approximate surface area is 70.3 Å². The van der Waals surface area contributed by atoms with E-state index in [1.807, 2.05) is 6.07 Å². The summed E-state index contributed by atoms with van der Waals surface area (Å²) in [4.78, 5) is 0. The molecule has 12 heavy (non-hydrogen) atoms. The third-order valence-electron chi connectivity index (χ3n) is 1.55. The van der Waals surface area contributed by atoms with Crippen LogP contribution >= 0.6 is 0 Å².